The van der Waals surface area contributed by atoms with E-state index in [9.17, 15) is 4.79 Å². The Kier molecular flexibility index (Phi) is 5.00. The molecular weight excluding hydrogens is 406 g/mol. The summed E-state index contributed by atoms with van der Waals surface area (Å²) in [5.41, 5.74) is 0.433. The molecular formula is C21H22BrN3O2. The number of rotatable bonds is 4. The summed E-state index contributed by atoms with van der Waals surface area (Å²) in [5.74, 6) is 0.517. The fraction of sp³-hybridized carbons (Fsp3) is 0.381. The number of aromatic nitrogens is 1. The first-order chi connectivity index (χ1) is 12.7. The van der Waals surface area contributed by atoms with Gasteiger partial charge in [0.15, 0.2) is 0 Å². The van der Waals surface area contributed by atoms with Crippen molar-refractivity contribution in [2.75, 3.05) is 0 Å². The highest BCUT2D eigenvalue weighted by Gasteiger charge is 2.64. The normalized spacial score (nSPS) is 22.2. The minimum Gasteiger partial charge on any atom is -0.489 e. The summed E-state index contributed by atoms with van der Waals surface area (Å²) in [6.45, 7) is 8.35. The monoisotopic (exact) mass is 427 g/mol. The number of carbonyl (C=O) groups is 1. The number of nitrogens with zero attached hydrogens (tertiary/aromatic N) is 2. The van der Waals surface area contributed by atoms with Crippen molar-refractivity contribution in [3.8, 4) is 11.8 Å². The Morgan fingerprint density at radius 1 is 1.22 bits per heavy atom. The molecule has 5 nitrogen and oxygen atoms in total. The van der Waals surface area contributed by atoms with Crippen LogP contribution in [-0.4, -0.2) is 23.0 Å². The van der Waals surface area contributed by atoms with Gasteiger partial charge in [0.1, 0.15) is 23.6 Å². The molecule has 27 heavy (non-hydrogen) atoms. The SMILES string of the molecule is CC1(C)[C@H](NC(=O)c2ccccn2)C(C)(C)[C@H]1Oc1ccc(C#N)c(Br)c1. The van der Waals surface area contributed by atoms with Crippen molar-refractivity contribution in [2.24, 2.45) is 10.8 Å². The summed E-state index contributed by atoms with van der Waals surface area (Å²) in [7, 11) is 0. The predicted octanol–water partition coefficient (Wildman–Crippen LogP) is 4.33. The van der Waals surface area contributed by atoms with Gasteiger partial charge in [0.25, 0.3) is 5.91 Å². The van der Waals surface area contributed by atoms with Crippen LogP contribution in [0.25, 0.3) is 0 Å². The third kappa shape index (κ3) is 3.44. The van der Waals surface area contributed by atoms with Gasteiger partial charge in [-0.2, -0.15) is 5.26 Å². The Morgan fingerprint density at radius 3 is 2.48 bits per heavy atom. The van der Waals surface area contributed by atoms with E-state index in [2.05, 4.69) is 60.0 Å². The van der Waals surface area contributed by atoms with Crippen molar-refractivity contribution in [2.45, 2.75) is 39.8 Å². The summed E-state index contributed by atoms with van der Waals surface area (Å²) < 4.78 is 6.98. The first-order valence-corrected chi connectivity index (χ1v) is 9.55. The van der Waals surface area contributed by atoms with Gasteiger partial charge in [0.05, 0.1) is 5.56 Å². The highest BCUT2D eigenvalue weighted by atomic mass is 79.9. The summed E-state index contributed by atoms with van der Waals surface area (Å²) in [5, 5.41) is 12.2. The molecule has 1 aromatic heterocycles. The van der Waals surface area contributed by atoms with E-state index in [0.29, 0.717) is 21.5 Å². The highest BCUT2D eigenvalue weighted by Crippen LogP contribution is 2.55. The van der Waals surface area contributed by atoms with Crippen molar-refractivity contribution in [3.05, 3.63) is 58.3 Å². The lowest BCUT2D eigenvalue weighted by molar-refractivity contribution is -0.164. The Morgan fingerprint density at radius 2 is 1.93 bits per heavy atom. The lowest BCUT2D eigenvalue weighted by Crippen LogP contribution is -2.74. The van der Waals surface area contributed by atoms with Crippen molar-refractivity contribution in [3.63, 3.8) is 0 Å². The fourth-order valence-corrected chi connectivity index (χ4v) is 4.74. The number of nitriles is 1. The molecule has 140 valence electrons. The van der Waals surface area contributed by atoms with Crippen molar-refractivity contribution in [1.82, 2.24) is 10.3 Å². The van der Waals surface area contributed by atoms with Crippen LogP contribution < -0.4 is 10.1 Å². The lowest BCUT2D eigenvalue weighted by atomic mass is 9.49. The molecule has 1 aliphatic carbocycles. The first-order valence-electron chi connectivity index (χ1n) is 8.76. The molecule has 1 aliphatic rings. The molecule has 0 aliphatic heterocycles. The molecule has 1 aromatic carbocycles. The summed E-state index contributed by atoms with van der Waals surface area (Å²) in [4.78, 5) is 16.7. The topological polar surface area (TPSA) is 75.0 Å². The van der Waals surface area contributed by atoms with E-state index >= 15 is 0 Å². The lowest BCUT2D eigenvalue weighted by Gasteiger charge is -2.63. The molecule has 0 atom stereocenters. The maximum Gasteiger partial charge on any atom is 0.270 e. The molecule has 1 saturated carbocycles. The molecule has 1 amide bonds. The molecule has 1 heterocycles. The molecule has 0 saturated heterocycles. The maximum atomic E-state index is 12.6. The zero-order chi connectivity index (χ0) is 19.8. The molecule has 0 radical (unpaired) electrons. The molecule has 1 N–H and O–H groups in total. The van der Waals surface area contributed by atoms with Crippen LogP contribution >= 0.6 is 15.9 Å². The number of benzene rings is 1. The van der Waals surface area contributed by atoms with Gasteiger partial charge >= 0.3 is 0 Å². The Hall–Kier alpha value is -2.39. The summed E-state index contributed by atoms with van der Waals surface area (Å²) >= 11 is 3.40. The second-order valence-electron chi connectivity index (χ2n) is 8.02. The van der Waals surface area contributed by atoms with Crippen LogP contribution in [0, 0.1) is 22.2 Å². The quantitative estimate of drug-likeness (QED) is 0.787. The molecule has 1 fully saturated rings. The number of pyridine rings is 1. The smallest absolute Gasteiger partial charge is 0.270 e. The molecule has 2 aromatic rings. The van der Waals surface area contributed by atoms with Crippen LogP contribution in [0.5, 0.6) is 5.75 Å². The number of ether oxygens (including phenoxy) is 1. The minimum absolute atomic E-state index is 0.0636. The zero-order valence-electron chi connectivity index (χ0n) is 15.8. The van der Waals surface area contributed by atoms with Crippen LogP contribution in [0.15, 0.2) is 47.1 Å². The van der Waals surface area contributed by atoms with Crippen molar-refractivity contribution < 1.29 is 9.53 Å². The molecule has 3 rings (SSSR count). The summed E-state index contributed by atoms with van der Waals surface area (Å²) in [6.07, 6.45) is 1.51. The number of hydrogen-bond acceptors (Lipinski definition) is 4. The van der Waals surface area contributed by atoms with Gasteiger partial charge in [0.2, 0.25) is 0 Å². The Bertz CT molecular complexity index is 887. The highest BCUT2D eigenvalue weighted by molar-refractivity contribution is 9.10. The van der Waals surface area contributed by atoms with E-state index < -0.39 is 0 Å². The van der Waals surface area contributed by atoms with Gasteiger partial charge in [0, 0.05) is 27.5 Å². The van der Waals surface area contributed by atoms with Crippen LogP contribution in [0.4, 0.5) is 0 Å². The fourth-order valence-electron chi connectivity index (χ4n) is 4.30. The van der Waals surface area contributed by atoms with E-state index in [0.717, 1.165) is 0 Å². The maximum absolute atomic E-state index is 12.6. The standard InChI is InChI=1S/C21H22BrN3O2/c1-20(2)18(25-17(26)16-7-5-6-10-24-16)21(3,4)19(20)27-14-9-8-13(12-23)15(22)11-14/h5-11,18-19H,1-4H3,(H,25,26)/t18-,19-. The molecule has 0 unspecified atom stereocenters. The zero-order valence-corrected chi connectivity index (χ0v) is 17.4. The average molecular weight is 428 g/mol. The number of nitrogens with one attached hydrogen (secondary N) is 1. The number of amides is 1. The van der Waals surface area contributed by atoms with E-state index in [4.69, 9.17) is 10.00 Å². The third-order valence-electron chi connectivity index (χ3n) is 5.33. The Labute approximate surface area is 167 Å². The van der Waals surface area contributed by atoms with Crippen LogP contribution in [0.3, 0.4) is 0 Å². The van der Waals surface area contributed by atoms with Gasteiger partial charge in [-0.3, -0.25) is 9.78 Å². The number of halogens is 1. The van der Waals surface area contributed by atoms with E-state index in [-0.39, 0.29) is 28.9 Å². The Balaban J connectivity index is 1.77. The second kappa shape index (κ2) is 6.97. The van der Waals surface area contributed by atoms with Crippen LogP contribution in [0.2, 0.25) is 0 Å². The molecule has 6 heteroatoms. The van der Waals surface area contributed by atoms with E-state index in [1.165, 1.54) is 0 Å². The predicted molar refractivity (Wildman–Crippen MR) is 106 cm³/mol. The van der Waals surface area contributed by atoms with Gasteiger partial charge in [-0.15, -0.1) is 0 Å². The number of carbonyl (C=O) groups excluding carboxylic acids is 1. The second-order valence-corrected chi connectivity index (χ2v) is 8.87. The van der Waals surface area contributed by atoms with Crippen molar-refractivity contribution >= 4 is 21.8 Å². The third-order valence-corrected chi connectivity index (χ3v) is 5.98. The van der Waals surface area contributed by atoms with Gasteiger partial charge in [-0.1, -0.05) is 33.8 Å². The first kappa shape index (κ1) is 19.4. The minimum atomic E-state index is -0.270. The van der Waals surface area contributed by atoms with Crippen molar-refractivity contribution in [1.29, 1.82) is 5.26 Å². The molecule has 0 spiro atoms. The summed E-state index contributed by atoms with van der Waals surface area (Å²) in [6, 6.07) is 12.7. The largest absolute Gasteiger partial charge is 0.489 e. The van der Waals surface area contributed by atoms with E-state index in [1.54, 1.807) is 36.5 Å². The molecule has 0 bridgehead atoms. The number of hydrogen-bond donors (Lipinski definition) is 1. The van der Waals surface area contributed by atoms with Gasteiger partial charge < -0.3 is 10.1 Å². The average Bonchev–Trinajstić information content (AvgIpc) is 2.64. The van der Waals surface area contributed by atoms with Crippen LogP contribution in [0.1, 0.15) is 43.7 Å². The van der Waals surface area contributed by atoms with E-state index in [1.807, 2.05) is 6.07 Å². The van der Waals surface area contributed by atoms with Crippen LogP contribution in [-0.2, 0) is 0 Å². The van der Waals surface area contributed by atoms with Gasteiger partial charge in [-0.05, 0) is 46.3 Å². The van der Waals surface area contributed by atoms with Gasteiger partial charge in [-0.25, -0.2) is 0 Å².